The largest absolute Gasteiger partial charge is 0.450 e. The Balaban J connectivity index is 1.53. The monoisotopic (exact) mass is 397 g/mol. The van der Waals surface area contributed by atoms with Crippen LogP contribution in [0.4, 0.5) is 16.4 Å². The number of likely N-dealkylation sites (tertiary alicyclic amines) is 1. The van der Waals surface area contributed by atoms with E-state index in [0.29, 0.717) is 31.2 Å². The van der Waals surface area contributed by atoms with Crippen molar-refractivity contribution in [1.29, 1.82) is 0 Å². The van der Waals surface area contributed by atoms with Crippen LogP contribution in [0.1, 0.15) is 41.3 Å². The standard InChI is InChI=1S/C21H27N5O3/c1-4-29-21(28)26-10-8-17(9-11-26)24-20-22-12-16(13-23-20)19(27)25-18-7-5-6-14(2)15(18)3/h5-7,12-13,17H,4,8-11H2,1-3H3,(H,25,27)(H,22,23,24). The van der Waals surface area contributed by atoms with Crippen molar-refractivity contribution < 1.29 is 14.3 Å². The van der Waals surface area contributed by atoms with Crippen LogP contribution < -0.4 is 10.6 Å². The number of piperidine rings is 1. The highest BCUT2D eigenvalue weighted by Gasteiger charge is 2.24. The van der Waals surface area contributed by atoms with Gasteiger partial charge in [0, 0.05) is 37.2 Å². The number of hydrogen-bond donors (Lipinski definition) is 2. The molecule has 8 heteroatoms. The summed E-state index contributed by atoms with van der Waals surface area (Å²) in [6.07, 6.45) is 4.35. The zero-order valence-corrected chi connectivity index (χ0v) is 17.1. The normalized spacial score (nSPS) is 14.4. The molecular weight excluding hydrogens is 370 g/mol. The molecule has 1 saturated heterocycles. The van der Waals surface area contributed by atoms with E-state index in [0.717, 1.165) is 29.7 Å². The molecule has 1 aromatic heterocycles. The zero-order valence-electron chi connectivity index (χ0n) is 17.1. The molecule has 29 heavy (non-hydrogen) atoms. The Bertz CT molecular complexity index is 861. The second kappa shape index (κ2) is 9.36. The van der Waals surface area contributed by atoms with Crippen molar-refractivity contribution >= 4 is 23.6 Å². The Morgan fingerprint density at radius 1 is 1.17 bits per heavy atom. The van der Waals surface area contributed by atoms with Gasteiger partial charge in [-0.25, -0.2) is 14.8 Å². The van der Waals surface area contributed by atoms with Crippen molar-refractivity contribution in [2.75, 3.05) is 30.3 Å². The Labute approximate surface area is 170 Å². The molecule has 1 fully saturated rings. The summed E-state index contributed by atoms with van der Waals surface area (Å²) in [5.74, 6) is 0.232. The van der Waals surface area contributed by atoms with E-state index in [9.17, 15) is 9.59 Å². The maximum absolute atomic E-state index is 12.5. The van der Waals surface area contributed by atoms with Gasteiger partial charge in [-0.2, -0.15) is 0 Å². The van der Waals surface area contributed by atoms with Gasteiger partial charge in [0.25, 0.3) is 5.91 Å². The van der Waals surface area contributed by atoms with E-state index in [1.807, 2.05) is 32.0 Å². The number of nitrogens with one attached hydrogen (secondary N) is 2. The summed E-state index contributed by atoms with van der Waals surface area (Å²) in [6, 6.07) is 5.97. The lowest BCUT2D eigenvalue weighted by molar-refractivity contribution is 0.0982. The SMILES string of the molecule is CCOC(=O)N1CCC(Nc2ncc(C(=O)Nc3cccc(C)c3C)cn2)CC1. The average Bonchev–Trinajstić information content (AvgIpc) is 2.72. The van der Waals surface area contributed by atoms with Crippen LogP contribution in [0.25, 0.3) is 0 Å². The molecule has 0 unspecified atom stereocenters. The fourth-order valence-corrected chi connectivity index (χ4v) is 3.20. The van der Waals surface area contributed by atoms with Crippen molar-refractivity contribution in [3.8, 4) is 0 Å². The Morgan fingerprint density at radius 3 is 2.52 bits per heavy atom. The van der Waals surface area contributed by atoms with Crippen LogP contribution in [0.15, 0.2) is 30.6 Å². The number of carbonyl (C=O) groups is 2. The third-order valence-electron chi connectivity index (χ3n) is 5.12. The van der Waals surface area contributed by atoms with Gasteiger partial charge in [0.15, 0.2) is 0 Å². The first-order valence-electron chi connectivity index (χ1n) is 9.85. The number of aromatic nitrogens is 2. The predicted octanol–water partition coefficient (Wildman–Crippen LogP) is 3.38. The second-order valence-corrected chi connectivity index (χ2v) is 7.10. The van der Waals surface area contributed by atoms with Gasteiger partial charge in [-0.15, -0.1) is 0 Å². The van der Waals surface area contributed by atoms with Crippen LogP contribution in [0.3, 0.4) is 0 Å². The van der Waals surface area contributed by atoms with Gasteiger partial charge in [0.05, 0.1) is 12.2 Å². The van der Waals surface area contributed by atoms with Crippen LogP contribution in [-0.2, 0) is 4.74 Å². The molecule has 2 heterocycles. The van der Waals surface area contributed by atoms with Crippen molar-refractivity contribution in [2.24, 2.45) is 0 Å². The highest BCUT2D eigenvalue weighted by Crippen LogP contribution is 2.19. The lowest BCUT2D eigenvalue weighted by atomic mass is 10.1. The molecule has 0 radical (unpaired) electrons. The second-order valence-electron chi connectivity index (χ2n) is 7.10. The molecule has 0 aliphatic carbocycles. The van der Waals surface area contributed by atoms with Crippen LogP contribution in [0, 0.1) is 13.8 Å². The molecule has 2 amide bonds. The topological polar surface area (TPSA) is 96.5 Å². The number of rotatable bonds is 5. The Kier molecular flexibility index (Phi) is 6.64. The molecule has 0 spiro atoms. The number of hydrogen-bond acceptors (Lipinski definition) is 6. The number of anilines is 2. The summed E-state index contributed by atoms with van der Waals surface area (Å²) in [5, 5.41) is 6.18. The molecular formula is C21H27N5O3. The summed E-state index contributed by atoms with van der Waals surface area (Å²) in [5.41, 5.74) is 3.33. The molecule has 1 aromatic carbocycles. The minimum absolute atomic E-state index is 0.176. The first kappa shape index (κ1) is 20.6. The molecule has 0 atom stereocenters. The number of ether oxygens (including phenoxy) is 1. The number of carbonyl (C=O) groups excluding carboxylic acids is 2. The lowest BCUT2D eigenvalue weighted by Crippen LogP contribution is -2.42. The Hall–Kier alpha value is -3.16. The number of benzene rings is 1. The fraction of sp³-hybridized carbons (Fsp3) is 0.429. The summed E-state index contributed by atoms with van der Waals surface area (Å²) in [7, 11) is 0. The quantitative estimate of drug-likeness (QED) is 0.803. The van der Waals surface area contributed by atoms with Crippen molar-refractivity contribution in [3.63, 3.8) is 0 Å². The number of nitrogens with zero attached hydrogens (tertiary/aromatic N) is 3. The molecule has 3 rings (SSSR count). The summed E-state index contributed by atoms with van der Waals surface area (Å²) in [6.45, 7) is 7.43. The van der Waals surface area contributed by atoms with Crippen molar-refractivity contribution in [3.05, 3.63) is 47.3 Å². The van der Waals surface area contributed by atoms with E-state index >= 15 is 0 Å². The predicted molar refractivity (Wildman–Crippen MR) is 111 cm³/mol. The minimum atomic E-state index is -0.263. The molecule has 0 bridgehead atoms. The van der Waals surface area contributed by atoms with E-state index < -0.39 is 0 Å². The molecule has 0 saturated carbocycles. The van der Waals surface area contributed by atoms with Crippen molar-refractivity contribution in [1.82, 2.24) is 14.9 Å². The van der Waals surface area contributed by atoms with Crippen LogP contribution in [-0.4, -0.2) is 52.6 Å². The van der Waals surface area contributed by atoms with Crippen molar-refractivity contribution in [2.45, 2.75) is 39.7 Å². The van der Waals surface area contributed by atoms with Gasteiger partial charge in [-0.1, -0.05) is 12.1 Å². The average molecular weight is 397 g/mol. The smallest absolute Gasteiger partial charge is 0.409 e. The lowest BCUT2D eigenvalue weighted by Gasteiger charge is -2.31. The maximum Gasteiger partial charge on any atom is 0.409 e. The fourth-order valence-electron chi connectivity index (χ4n) is 3.20. The molecule has 2 N–H and O–H groups in total. The first-order chi connectivity index (χ1) is 14.0. The summed E-state index contributed by atoms with van der Waals surface area (Å²) >= 11 is 0. The van der Waals surface area contributed by atoms with Gasteiger partial charge < -0.3 is 20.3 Å². The van der Waals surface area contributed by atoms with Crippen LogP contribution in [0.5, 0.6) is 0 Å². The van der Waals surface area contributed by atoms with E-state index in [1.54, 1.807) is 11.8 Å². The van der Waals surface area contributed by atoms with E-state index in [4.69, 9.17) is 4.74 Å². The third kappa shape index (κ3) is 5.22. The van der Waals surface area contributed by atoms with Crippen LogP contribution >= 0.6 is 0 Å². The van der Waals surface area contributed by atoms with E-state index in [1.165, 1.54) is 12.4 Å². The third-order valence-corrected chi connectivity index (χ3v) is 5.12. The van der Waals surface area contributed by atoms with Gasteiger partial charge in [-0.05, 0) is 50.8 Å². The van der Waals surface area contributed by atoms with Crippen LogP contribution in [0.2, 0.25) is 0 Å². The maximum atomic E-state index is 12.5. The zero-order chi connectivity index (χ0) is 20.8. The van der Waals surface area contributed by atoms with Gasteiger partial charge >= 0.3 is 6.09 Å². The van der Waals surface area contributed by atoms with Gasteiger partial charge in [0.1, 0.15) is 0 Å². The highest BCUT2D eigenvalue weighted by atomic mass is 16.6. The highest BCUT2D eigenvalue weighted by molar-refractivity contribution is 6.04. The van der Waals surface area contributed by atoms with Gasteiger partial charge in [-0.3, -0.25) is 4.79 Å². The van der Waals surface area contributed by atoms with E-state index in [2.05, 4.69) is 20.6 Å². The summed E-state index contributed by atoms with van der Waals surface area (Å²) in [4.78, 5) is 34.5. The Morgan fingerprint density at radius 2 is 1.86 bits per heavy atom. The molecule has 1 aliphatic rings. The molecule has 8 nitrogen and oxygen atoms in total. The number of amides is 2. The van der Waals surface area contributed by atoms with E-state index in [-0.39, 0.29) is 18.0 Å². The number of aryl methyl sites for hydroxylation is 1. The van der Waals surface area contributed by atoms with Gasteiger partial charge in [0.2, 0.25) is 5.95 Å². The molecule has 2 aromatic rings. The molecule has 1 aliphatic heterocycles. The first-order valence-corrected chi connectivity index (χ1v) is 9.85. The minimum Gasteiger partial charge on any atom is -0.450 e. The molecule has 154 valence electrons. The summed E-state index contributed by atoms with van der Waals surface area (Å²) < 4.78 is 5.03.